The van der Waals surface area contributed by atoms with E-state index >= 15 is 0 Å². The average Bonchev–Trinajstić information content (AvgIpc) is 3.27. The summed E-state index contributed by atoms with van der Waals surface area (Å²) in [6.07, 6.45) is 8.03. The van der Waals surface area contributed by atoms with Crippen LogP contribution in [-0.4, -0.2) is 40.9 Å². The molecule has 1 fully saturated rings. The van der Waals surface area contributed by atoms with E-state index in [1.165, 1.54) is 6.42 Å². The van der Waals surface area contributed by atoms with Gasteiger partial charge in [0.25, 0.3) is 0 Å². The molecule has 0 bridgehead atoms. The van der Waals surface area contributed by atoms with Gasteiger partial charge in [0.15, 0.2) is 0 Å². The Labute approximate surface area is 179 Å². The predicted octanol–water partition coefficient (Wildman–Crippen LogP) is 4.56. The van der Waals surface area contributed by atoms with Gasteiger partial charge in [-0.25, -0.2) is 4.79 Å². The first-order valence-electron chi connectivity index (χ1n) is 11.0. The van der Waals surface area contributed by atoms with Crippen molar-refractivity contribution in [1.29, 1.82) is 0 Å². The van der Waals surface area contributed by atoms with Gasteiger partial charge in [0.2, 0.25) is 5.91 Å². The summed E-state index contributed by atoms with van der Waals surface area (Å²) in [5.74, 6) is 0.649. The van der Waals surface area contributed by atoms with E-state index in [0.717, 1.165) is 43.4 Å². The van der Waals surface area contributed by atoms with Gasteiger partial charge in [-0.3, -0.25) is 4.79 Å². The van der Waals surface area contributed by atoms with E-state index in [0.29, 0.717) is 19.6 Å². The number of benzene rings is 1. The normalized spacial score (nSPS) is 14.3. The SMILES string of the molecule is CCCN(CC(=O)N(Cc1ccccc1)Cc1ccco1)C(=O)NC1CCCCC1. The van der Waals surface area contributed by atoms with Gasteiger partial charge in [-0.05, 0) is 37.0 Å². The summed E-state index contributed by atoms with van der Waals surface area (Å²) in [6.45, 7) is 3.51. The Morgan fingerprint density at radius 1 is 1.00 bits per heavy atom. The van der Waals surface area contributed by atoms with Crippen LogP contribution < -0.4 is 5.32 Å². The third kappa shape index (κ3) is 6.65. The Balaban J connectivity index is 1.66. The molecule has 1 N–H and O–H groups in total. The van der Waals surface area contributed by atoms with Crippen molar-refractivity contribution in [2.75, 3.05) is 13.1 Å². The van der Waals surface area contributed by atoms with Crippen molar-refractivity contribution in [3.63, 3.8) is 0 Å². The number of amides is 3. The second kappa shape index (κ2) is 11.4. The predicted molar refractivity (Wildman–Crippen MR) is 117 cm³/mol. The number of nitrogens with zero attached hydrogens (tertiary/aromatic N) is 2. The summed E-state index contributed by atoms with van der Waals surface area (Å²) in [5, 5.41) is 3.14. The first-order chi connectivity index (χ1) is 14.7. The van der Waals surface area contributed by atoms with Gasteiger partial charge >= 0.3 is 6.03 Å². The highest BCUT2D eigenvalue weighted by molar-refractivity contribution is 5.84. The van der Waals surface area contributed by atoms with Crippen LogP contribution in [0.2, 0.25) is 0 Å². The van der Waals surface area contributed by atoms with Crippen molar-refractivity contribution in [3.8, 4) is 0 Å². The Kier molecular flexibility index (Phi) is 8.36. The van der Waals surface area contributed by atoms with Gasteiger partial charge in [0.1, 0.15) is 12.3 Å². The fourth-order valence-corrected chi connectivity index (χ4v) is 3.93. The Morgan fingerprint density at radius 3 is 2.43 bits per heavy atom. The Hall–Kier alpha value is -2.76. The maximum Gasteiger partial charge on any atom is 0.318 e. The molecule has 2 aromatic rings. The maximum absolute atomic E-state index is 13.2. The molecule has 1 aliphatic rings. The van der Waals surface area contributed by atoms with Crippen molar-refractivity contribution < 1.29 is 14.0 Å². The lowest BCUT2D eigenvalue weighted by atomic mass is 9.96. The zero-order valence-electron chi connectivity index (χ0n) is 17.9. The molecule has 1 aromatic heterocycles. The lowest BCUT2D eigenvalue weighted by Crippen LogP contribution is -2.49. The summed E-state index contributed by atoms with van der Waals surface area (Å²) in [7, 11) is 0. The molecule has 6 nitrogen and oxygen atoms in total. The number of carbonyl (C=O) groups is 2. The number of nitrogens with one attached hydrogen (secondary N) is 1. The molecule has 0 saturated heterocycles. The van der Waals surface area contributed by atoms with Crippen LogP contribution in [-0.2, 0) is 17.9 Å². The fourth-order valence-electron chi connectivity index (χ4n) is 3.93. The van der Waals surface area contributed by atoms with Crippen molar-refractivity contribution in [3.05, 3.63) is 60.1 Å². The lowest BCUT2D eigenvalue weighted by Gasteiger charge is -2.30. The van der Waals surface area contributed by atoms with Gasteiger partial charge in [-0.2, -0.15) is 0 Å². The van der Waals surface area contributed by atoms with Crippen molar-refractivity contribution in [2.45, 2.75) is 64.6 Å². The summed E-state index contributed by atoms with van der Waals surface area (Å²) in [4.78, 5) is 29.5. The molecule has 0 radical (unpaired) electrons. The second-order valence-corrected chi connectivity index (χ2v) is 8.02. The minimum absolute atomic E-state index is 0.0694. The van der Waals surface area contributed by atoms with Crippen molar-refractivity contribution in [2.24, 2.45) is 0 Å². The van der Waals surface area contributed by atoms with Crippen LogP contribution in [0.15, 0.2) is 53.1 Å². The minimum atomic E-state index is -0.130. The molecule has 0 spiro atoms. The summed E-state index contributed by atoms with van der Waals surface area (Å²) in [5.41, 5.74) is 1.05. The molecule has 30 heavy (non-hydrogen) atoms. The van der Waals surface area contributed by atoms with Crippen LogP contribution in [0.25, 0.3) is 0 Å². The molecule has 0 atom stereocenters. The molecular formula is C24H33N3O3. The largest absolute Gasteiger partial charge is 0.467 e. The number of furan rings is 1. The van der Waals surface area contributed by atoms with E-state index in [1.54, 1.807) is 16.1 Å². The zero-order chi connectivity index (χ0) is 21.2. The highest BCUT2D eigenvalue weighted by Gasteiger charge is 2.24. The summed E-state index contributed by atoms with van der Waals surface area (Å²) in [6, 6.07) is 13.7. The number of rotatable bonds is 9. The molecule has 0 unspecified atom stereocenters. The van der Waals surface area contributed by atoms with Crippen molar-refractivity contribution >= 4 is 11.9 Å². The monoisotopic (exact) mass is 411 g/mol. The highest BCUT2D eigenvalue weighted by atomic mass is 16.3. The van der Waals surface area contributed by atoms with Crippen LogP contribution in [0.3, 0.4) is 0 Å². The first-order valence-corrected chi connectivity index (χ1v) is 11.0. The third-order valence-corrected chi connectivity index (χ3v) is 5.54. The Bertz CT molecular complexity index is 770. The van der Waals surface area contributed by atoms with Gasteiger partial charge < -0.3 is 19.5 Å². The van der Waals surface area contributed by atoms with Crippen LogP contribution >= 0.6 is 0 Å². The topological polar surface area (TPSA) is 65.8 Å². The fraction of sp³-hybridized carbons (Fsp3) is 0.500. The molecule has 6 heteroatoms. The third-order valence-electron chi connectivity index (χ3n) is 5.54. The number of carbonyl (C=O) groups excluding carboxylic acids is 2. The lowest BCUT2D eigenvalue weighted by molar-refractivity contribution is -0.133. The standard InChI is InChI=1S/C24H33N3O3/c1-2-15-26(24(29)25-21-12-7-4-8-13-21)19-23(28)27(18-22-14-9-16-30-22)17-20-10-5-3-6-11-20/h3,5-6,9-11,14,16,21H,2,4,7-8,12-13,15,17-19H2,1H3,(H,25,29). The number of hydrogen-bond donors (Lipinski definition) is 1. The maximum atomic E-state index is 13.2. The van der Waals surface area contributed by atoms with Crippen LogP contribution in [0.4, 0.5) is 4.79 Å². The van der Waals surface area contributed by atoms with Crippen LogP contribution in [0.5, 0.6) is 0 Å². The number of urea groups is 1. The average molecular weight is 412 g/mol. The summed E-state index contributed by atoms with van der Waals surface area (Å²) < 4.78 is 5.47. The van der Waals surface area contributed by atoms with E-state index < -0.39 is 0 Å². The molecule has 3 rings (SSSR count). The molecule has 1 heterocycles. The molecular weight excluding hydrogens is 378 g/mol. The molecule has 162 valence electrons. The highest BCUT2D eigenvalue weighted by Crippen LogP contribution is 2.18. The van der Waals surface area contributed by atoms with E-state index in [-0.39, 0.29) is 24.5 Å². The number of hydrogen-bond acceptors (Lipinski definition) is 3. The van der Waals surface area contributed by atoms with E-state index in [2.05, 4.69) is 5.32 Å². The van der Waals surface area contributed by atoms with Gasteiger partial charge in [0, 0.05) is 19.1 Å². The molecule has 1 aromatic carbocycles. The van der Waals surface area contributed by atoms with Gasteiger partial charge in [0.05, 0.1) is 12.8 Å². The van der Waals surface area contributed by atoms with Crippen molar-refractivity contribution in [1.82, 2.24) is 15.1 Å². The molecule has 1 aliphatic carbocycles. The quantitative estimate of drug-likeness (QED) is 0.658. The van der Waals surface area contributed by atoms with E-state index in [1.807, 2.05) is 49.4 Å². The van der Waals surface area contributed by atoms with Gasteiger partial charge in [-0.15, -0.1) is 0 Å². The van der Waals surface area contributed by atoms with Crippen LogP contribution in [0, 0.1) is 0 Å². The second-order valence-electron chi connectivity index (χ2n) is 8.02. The molecule has 3 amide bonds. The molecule has 0 aliphatic heterocycles. The smallest absolute Gasteiger partial charge is 0.318 e. The minimum Gasteiger partial charge on any atom is -0.467 e. The van der Waals surface area contributed by atoms with E-state index in [9.17, 15) is 9.59 Å². The van der Waals surface area contributed by atoms with E-state index in [4.69, 9.17) is 4.42 Å². The molecule has 1 saturated carbocycles. The van der Waals surface area contributed by atoms with Crippen LogP contribution in [0.1, 0.15) is 56.8 Å². The Morgan fingerprint density at radius 2 is 1.77 bits per heavy atom. The zero-order valence-corrected chi connectivity index (χ0v) is 17.9. The summed E-state index contributed by atoms with van der Waals surface area (Å²) >= 11 is 0. The first kappa shape index (κ1) is 21.9. The van der Waals surface area contributed by atoms with Gasteiger partial charge in [-0.1, -0.05) is 56.5 Å².